The fraction of sp³-hybridized carbons (Fsp3) is 0.304. The number of amides is 1. The molecule has 34 heavy (non-hydrogen) atoms. The van der Waals surface area contributed by atoms with E-state index in [2.05, 4.69) is 20.7 Å². The molecule has 0 aliphatic carbocycles. The van der Waals surface area contributed by atoms with Gasteiger partial charge in [0.2, 0.25) is 11.8 Å². The highest BCUT2D eigenvalue weighted by molar-refractivity contribution is 5.95. The number of methoxy groups -OCH3 is 1. The molecule has 0 aliphatic heterocycles. The van der Waals surface area contributed by atoms with Crippen molar-refractivity contribution in [2.24, 2.45) is 7.05 Å². The number of ether oxygens (including phenoxy) is 2. The van der Waals surface area contributed by atoms with Gasteiger partial charge in [-0.1, -0.05) is 30.3 Å². The summed E-state index contributed by atoms with van der Waals surface area (Å²) in [5.74, 6) is 0.314. The Balaban J connectivity index is 0.00000289. The third-order valence-electron chi connectivity index (χ3n) is 4.77. The second-order valence-corrected chi connectivity index (χ2v) is 7.04. The number of carbonyl (C=O) groups is 2. The molecular formula is C23H29Cl2N5O4. The zero-order valence-corrected chi connectivity index (χ0v) is 20.8. The number of carbonyl (C=O) groups excluding carboxylic acids is 2. The van der Waals surface area contributed by atoms with Gasteiger partial charge in [-0.15, -0.1) is 24.8 Å². The van der Waals surface area contributed by atoms with Crippen LogP contribution in [0.3, 0.4) is 0 Å². The molecule has 0 bridgehead atoms. The fourth-order valence-corrected chi connectivity index (χ4v) is 3.14. The van der Waals surface area contributed by atoms with Gasteiger partial charge in [0.05, 0.1) is 32.0 Å². The van der Waals surface area contributed by atoms with Crippen LogP contribution in [0.4, 0.5) is 5.82 Å². The Morgan fingerprint density at radius 3 is 2.53 bits per heavy atom. The molecule has 1 aromatic carbocycles. The number of nitrogens with zero attached hydrogens (tertiary/aromatic N) is 3. The standard InChI is InChI=1S/C23H27N5O4.2ClH/c1-4-32-22(29)15-25-19(12-16-8-6-5-7-9-16)23(30)26-20-14-18(27-28(20)2)17-10-11-24-21(13-17)31-3;;/h5-11,13-14,19,25H,4,12,15H2,1-3H3,(H,26,30);2*1H/t19-;;/m0../s1. The first-order chi connectivity index (χ1) is 15.5. The van der Waals surface area contributed by atoms with Gasteiger partial charge in [0.15, 0.2) is 0 Å². The Morgan fingerprint density at radius 1 is 1.12 bits per heavy atom. The molecule has 0 unspecified atom stereocenters. The quantitative estimate of drug-likeness (QED) is 0.404. The molecule has 0 fully saturated rings. The van der Waals surface area contributed by atoms with Gasteiger partial charge < -0.3 is 14.8 Å². The first-order valence-electron chi connectivity index (χ1n) is 10.3. The van der Waals surface area contributed by atoms with Gasteiger partial charge in [0.1, 0.15) is 5.82 Å². The number of anilines is 1. The maximum Gasteiger partial charge on any atom is 0.319 e. The summed E-state index contributed by atoms with van der Waals surface area (Å²) in [5, 5.41) is 10.4. The van der Waals surface area contributed by atoms with Crippen molar-refractivity contribution in [1.29, 1.82) is 0 Å². The Morgan fingerprint density at radius 2 is 1.85 bits per heavy atom. The van der Waals surface area contributed by atoms with Crippen molar-refractivity contribution >= 4 is 42.5 Å². The highest BCUT2D eigenvalue weighted by atomic mass is 35.5. The lowest BCUT2D eigenvalue weighted by Crippen LogP contribution is -2.44. The number of esters is 1. The minimum Gasteiger partial charge on any atom is -0.481 e. The Labute approximate surface area is 211 Å². The number of benzene rings is 1. The summed E-state index contributed by atoms with van der Waals surface area (Å²) in [6, 6.07) is 14.3. The topological polar surface area (TPSA) is 107 Å². The van der Waals surface area contributed by atoms with Crippen LogP contribution < -0.4 is 15.4 Å². The summed E-state index contributed by atoms with van der Waals surface area (Å²) in [7, 11) is 3.29. The second-order valence-electron chi connectivity index (χ2n) is 7.04. The number of hydrogen-bond acceptors (Lipinski definition) is 7. The van der Waals surface area contributed by atoms with Crippen molar-refractivity contribution in [2.75, 3.05) is 25.6 Å². The number of halogens is 2. The molecule has 0 aliphatic rings. The largest absolute Gasteiger partial charge is 0.481 e. The van der Waals surface area contributed by atoms with E-state index in [0.29, 0.717) is 23.8 Å². The number of hydrogen-bond donors (Lipinski definition) is 2. The third-order valence-corrected chi connectivity index (χ3v) is 4.77. The van der Waals surface area contributed by atoms with Crippen LogP contribution in [0.1, 0.15) is 12.5 Å². The van der Waals surface area contributed by atoms with Crippen molar-refractivity contribution in [1.82, 2.24) is 20.1 Å². The molecule has 1 atom stereocenters. The van der Waals surface area contributed by atoms with Crippen LogP contribution >= 0.6 is 24.8 Å². The Hall–Kier alpha value is -3.14. The van der Waals surface area contributed by atoms with Gasteiger partial charge in [0, 0.05) is 30.9 Å². The SMILES string of the molecule is CCOC(=O)CN[C@@H](Cc1ccccc1)C(=O)Nc1cc(-c2ccnc(OC)c2)nn1C.Cl.Cl. The molecule has 1 amide bonds. The van der Waals surface area contributed by atoms with Gasteiger partial charge in [-0.2, -0.15) is 5.10 Å². The number of nitrogens with one attached hydrogen (secondary N) is 2. The predicted octanol–water partition coefficient (Wildman–Crippen LogP) is 3.04. The Bertz CT molecular complexity index is 1060. The second kappa shape index (κ2) is 14.2. The Kier molecular flexibility index (Phi) is 12.1. The first kappa shape index (κ1) is 28.9. The van der Waals surface area contributed by atoms with Crippen LogP contribution in [0.25, 0.3) is 11.3 Å². The lowest BCUT2D eigenvalue weighted by atomic mass is 10.1. The van der Waals surface area contributed by atoms with Gasteiger partial charge in [-0.25, -0.2) is 4.98 Å². The summed E-state index contributed by atoms with van der Waals surface area (Å²) in [6.07, 6.45) is 2.05. The molecule has 0 radical (unpaired) electrons. The van der Waals surface area contributed by atoms with Crippen molar-refractivity contribution < 1.29 is 19.1 Å². The van der Waals surface area contributed by atoms with Crippen LogP contribution in [-0.2, 0) is 27.8 Å². The monoisotopic (exact) mass is 509 g/mol. The van der Waals surface area contributed by atoms with Gasteiger partial charge in [0.25, 0.3) is 0 Å². The molecule has 0 saturated heterocycles. The van der Waals surface area contributed by atoms with Crippen LogP contribution in [0.5, 0.6) is 5.88 Å². The number of rotatable bonds is 10. The average Bonchev–Trinajstić information content (AvgIpc) is 3.17. The smallest absolute Gasteiger partial charge is 0.319 e. The lowest BCUT2D eigenvalue weighted by molar-refractivity contribution is -0.142. The summed E-state index contributed by atoms with van der Waals surface area (Å²) in [4.78, 5) is 29.0. The van der Waals surface area contributed by atoms with Crippen LogP contribution in [0.2, 0.25) is 0 Å². The van der Waals surface area contributed by atoms with Gasteiger partial charge >= 0.3 is 5.97 Å². The molecule has 0 spiro atoms. The van der Waals surface area contributed by atoms with E-state index in [0.717, 1.165) is 11.1 Å². The van der Waals surface area contributed by atoms with Crippen LogP contribution in [-0.4, -0.2) is 52.9 Å². The average molecular weight is 510 g/mol. The lowest BCUT2D eigenvalue weighted by Gasteiger charge is -2.18. The predicted molar refractivity (Wildman–Crippen MR) is 135 cm³/mol. The van der Waals surface area contributed by atoms with Crippen molar-refractivity contribution in [3.8, 4) is 17.1 Å². The molecule has 0 saturated carbocycles. The minimum absolute atomic E-state index is 0. The summed E-state index contributed by atoms with van der Waals surface area (Å²) >= 11 is 0. The molecule has 2 N–H and O–H groups in total. The van der Waals surface area contributed by atoms with E-state index < -0.39 is 12.0 Å². The highest BCUT2D eigenvalue weighted by Crippen LogP contribution is 2.23. The van der Waals surface area contributed by atoms with Crippen LogP contribution in [0.15, 0.2) is 54.7 Å². The van der Waals surface area contributed by atoms with E-state index in [1.807, 2.05) is 36.4 Å². The fourth-order valence-electron chi connectivity index (χ4n) is 3.14. The first-order valence-corrected chi connectivity index (χ1v) is 10.3. The van der Waals surface area contributed by atoms with E-state index in [1.54, 1.807) is 44.1 Å². The summed E-state index contributed by atoms with van der Waals surface area (Å²) in [6.45, 7) is 1.96. The maximum absolute atomic E-state index is 13.1. The van der Waals surface area contributed by atoms with E-state index in [4.69, 9.17) is 9.47 Å². The van der Waals surface area contributed by atoms with E-state index in [-0.39, 0.29) is 43.9 Å². The molecule has 184 valence electrons. The molecule has 3 aromatic rings. The van der Waals surface area contributed by atoms with Gasteiger partial charge in [-0.3, -0.25) is 19.6 Å². The normalized spacial score (nSPS) is 10.9. The molecule has 2 heterocycles. The minimum atomic E-state index is -0.638. The maximum atomic E-state index is 13.1. The number of aryl methyl sites for hydroxylation is 1. The molecule has 2 aromatic heterocycles. The van der Waals surface area contributed by atoms with E-state index in [1.165, 1.54) is 0 Å². The number of pyridine rings is 1. The van der Waals surface area contributed by atoms with Crippen molar-refractivity contribution in [3.63, 3.8) is 0 Å². The van der Waals surface area contributed by atoms with Gasteiger partial charge in [-0.05, 0) is 25.0 Å². The van der Waals surface area contributed by atoms with E-state index >= 15 is 0 Å². The molecule has 11 heteroatoms. The third kappa shape index (κ3) is 8.02. The zero-order chi connectivity index (χ0) is 22.9. The number of aromatic nitrogens is 3. The van der Waals surface area contributed by atoms with Crippen molar-refractivity contribution in [3.05, 3.63) is 60.3 Å². The molecule has 9 nitrogen and oxygen atoms in total. The van der Waals surface area contributed by atoms with Crippen molar-refractivity contribution in [2.45, 2.75) is 19.4 Å². The highest BCUT2D eigenvalue weighted by Gasteiger charge is 2.22. The summed E-state index contributed by atoms with van der Waals surface area (Å²) < 4.78 is 11.7. The molecule has 3 rings (SSSR count). The summed E-state index contributed by atoms with van der Waals surface area (Å²) in [5.41, 5.74) is 2.45. The van der Waals surface area contributed by atoms with Crippen LogP contribution in [0, 0.1) is 0 Å². The van der Waals surface area contributed by atoms with E-state index in [9.17, 15) is 9.59 Å². The zero-order valence-electron chi connectivity index (χ0n) is 19.2. The molecular weight excluding hydrogens is 481 g/mol.